The van der Waals surface area contributed by atoms with Crippen LogP contribution < -0.4 is 15.5 Å². The number of hydrogen-bond donors (Lipinski definition) is 1. The molecule has 3 heterocycles. The second kappa shape index (κ2) is 8.32. The maximum atomic E-state index is 13.3. The third-order valence-corrected chi connectivity index (χ3v) is 6.47. The SMILES string of the molecule is Nc1cccc(N2CC(C(=O)N3CCc4cc(CN5CCOCC5)ccc43)CC2=O)c1. The van der Waals surface area contributed by atoms with Crippen molar-refractivity contribution in [2.75, 3.05) is 54.9 Å². The van der Waals surface area contributed by atoms with Crippen molar-refractivity contribution < 1.29 is 14.3 Å². The van der Waals surface area contributed by atoms with Crippen LogP contribution >= 0.6 is 0 Å². The molecule has 0 bridgehead atoms. The zero-order valence-corrected chi connectivity index (χ0v) is 17.6. The van der Waals surface area contributed by atoms with Gasteiger partial charge in [-0.15, -0.1) is 0 Å². The maximum Gasteiger partial charge on any atom is 0.232 e. The molecule has 5 rings (SSSR count). The molecule has 31 heavy (non-hydrogen) atoms. The van der Waals surface area contributed by atoms with Gasteiger partial charge in [-0.2, -0.15) is 0 Å². The Morgan fingerprint density at radius 1 is 1.10 bits per heavy atom. The van der Waals surface area contributed by atoms with E-state index in [1.807, 2.05) is 17.0 Å². The minimum Gasteiger partial charge on any atom is -0.399 e. The first-order valence-electron chi connectivity index (χ1n) is 11.0. The Labute approximate surface area is 182 Å². The molecule has 162 valence electrons. The molecule has 2 amide bonds. The highest BCUT2D eigenvalue weighted by molar-refractivity contribution is 6.05. The highest BCUT2D eigenvalue weighted by atomic mass is 16.5. The van der Waals surface area contributed by atoms with Crippen molar-refractivity contribution in [3.05, 3.63) is 53.6 Å². The van der Waals surface area contributed by atoms with Crippen LogP contribution in [0.1, 0.15) is 17.5 Å². The summed E-state index contributed by atoms with van der Waals surface area (Å²) in [5.74, 6) is -0.309. The van der Waals surface area contributed by atoms with E-state index in [1.165, 1.54) is 11.1 Å². The quantitative estimate of drug-likeness (QED) is 0.766. The molecular formula is C24H28N4O3. The van der Waals surface area contributed by atoms with Gasteiger partial charge in [0.05, 0.1) is 19.1 Å². The lowest BCUT2D eigenvalue weighted by Crippen LogP contribution is -2.36. The first-order valence-corrected chi connectivity index (χ1v) is 11.0. The summed E-state index contributed by atoms with van der Waals surface area (Å²) in [6.07, 6.45) is 1.10. The molecule has 0 spiro atoms. The van der Waals surface area contributed by atoms with Crippen LogP contribution in [0, 0.1) is 5.92 Å². The topological polar surface area (TPSA) is 79.1 Å². The first-order chi connectivity index (χ1) is 15.1. The number of nitrogens with zero attached hydrogens (tertiary/aromatic N) is 3. The lowest BCUT2D eigenvalue weighted by atomic mass is 10.1. The van der Waals surface area contributed by atoms with Crippen molar-refractivity contribution in [2.24, 2.45) is 5.92 Å². The van der Waals surface area contributed by atoms with E-state index in [9.17, 15) is 9.59 Å². The summed E-state index contributed by atoms with van der Waals surface area (Å²) in [5.41, 5.74) is 10.7. The Morgan fingerprint density at radius 2 is 1.94 bits per heavy atom. The molecule has 0 aromatic heterocycles. The predicted octanol–water partition coefficient (Wildman–Crippen LogP) is 2.04. The van der Waals surface area contributed by atoms with Crippen LogP contribution in [0.15, 0.2) is 42.5 Å². The van der Waals surface area contributed by atoms with Gasteiger partial charge in [0, 0.05) is 56.2 Å². The second-order valence-corrected chi connectivity index (χ2v) is 8.59. The van der Waals surface area contributed by atoms with Crippen LogP contribution in [-0.4, -0.2) is 56.1 Å². The lowest BCUT2D eigenvalue weighted by Gasteiger charge is -2.27. The van der Waals surface area contributed by atoms with Gasteiger partial charge in [0.15, 0.2) is 0 Å². The third-order valence-electron chi connectivity index (χ3n) is 6.47. The Balaban J connectivity index is 1.28. The molecule has 7 nitrogen and oxygen atoms in total. The number of ether oxygens (including phenoxy) is 1. The van der Waals surface area contributed by atoms with E-state index >= 15 is 0 Å². The van der Waals surface area contributed by atoms with Gasteiger partial charge in [-0.3, -0.25) is 14.5 Å². The van der Waals surface area contributed by atoms with Crippen LogP contribution in [0.25, 0.3) is 0 Å². The van der Waals surface area contributed by atoms with Gasteiger partial charge in [-0.05, 0) is 41.8 Å². The number of benzene rings is 2. The monoisotopic (exact) mass is 420 g/mol. The van der Waals surface area contributed by atoms with E-state index in [0.29, 0.717) is 18.8 Å². The molecule has 2 fully saturated rings. The van der Waals surface area contributed by atoms with E-state index in [4.69, 9.17) is 10.5 Å². The van der Waals surface area contributed by atoms with Crippen LogP contribution in [0.2, 0.25) is 0 Å². The van der Waals surface area contributed by atoms with Gasteiger partial charge in [0.2, 0.25) is 11.8 Å². The number of rotatable bonds is 4. The van der Waals surface area contributed by atoms with Gasteiger partial charge in [-0.1, -0.05) is 18.2 Å². The Kier molecular flexibility index (Phi) is 5.38. The molecule has 1 atom stereocenters. The Hall–Kier alpha value is -2.90. The second-order valence-electron chi connectivity index (χ2n) is 8.59. The van der Waals surface area contributed by atoms with E-state index in [0.717, 1.165) is 50.6 Å². The van der Waals surface area contributed by atoms with Crippen LogP contribution in [0.4, 0.5) is 17.1 Å². The fourth-order valence-corrected chi connectivity index (χ4v) is 4.84. The van der Waals surface area contributed by atoms with E-state index < -0.39 is 0 Å². The molecule has 2 aromatic carbocycles. The number of amides is 2. The van der Waals surface area contributed by atoms with Crippen LogP contribution in [0.5, 0.6) is 0 Å². The first kappa shape index (κ1) is 20.0. The molecule has 1 unspecified atom stereocenters. The van der Waals surface area contributed by atoms with Crippen molar-refractivity contribution in [1.29, 1.82) is 0 Å². The highest BCUT2D eigenvalue weighted by Crippen LogP contribution is 2.33. The fourth-order valence-electron chi connectivity index (χ4n) is 4.84. The molecule has 0 radical (unpaired) electrons. The van der Waals surface area contributed by atoms with Crippen molar-refractivity contribution in [3.63, 3.8) is 0 Å². The zero-order valence-electron chi connectivity index (χ0n) is 17.6. The number of carbonyl (C=O) groups excluding carboxylic acids is 2. The summed E-state index contributed by atoms with van der Waals surface area (Å²) < 4.78 is 5.43. The minimum atomic E-state index is -0.326. The van der Waals surface area contributed by atoms with Crippen molar-refractivity contribution >= 4 is 28.9 Å². The van der Waals surface area contributed by atoms with Gasteiger partial charge in [0.1, 0.15) is 0 Å². The number of nitrogen functional groups attached to an aromatic ring is 1. The fraction of sp³-hybridized carbons (Fsp3) is 0.417. The molecular weight excluding hydrogens is 392 g/mol. The van der Waals surface area contributed by atoms with Gasteiger partial charge < -0.3 is 20.3 Å². The minimum absolute atomic E-state index is 0.0239. The summed E-state index contributed by atoms with van der Waals surface area (Å²) in [6, 6.07) is 13.7. The molecule has 0 aliphatic carbocycles. The predicted molar refractivity (Wildman–Crippen MR) is 120 cm³/mol. The van der Waals surface area contributed by atoms with Crippen LogP contribution in [0.3, 0.4) is 0 Å². The molecule has 2 saturated heterocycles. The highest BCUT2D eigenvalue weighted by Gasteiger charge is 2.39. The average molecular weight is 421 g/mol. The summed E-state index contributed by atoms with van der Waals surface area (Å²) in [5, 5.41) is 0. The molecule has 7 heteroatoms. The normalized spacial score (nSPS) is 21.5. The number of morpholine rings is 1. The standard InChI is InChI=1S/C24H28N4O3/c25-20-2-1-3-21(14-20)28-16-19(13-23(28)29)24(30)27-7-6-18-12-17(4-5-22(18)27)15-26-8-10-31-11-9-26/h1-5,12,14,19H,6-11,13,15-16,25H2. The number of anilines is 3. The summed E-state index contributed by atoms with van der Waals surface area (Å²) in [4.78, 5) is 31.9. The molecule has 0 saturated carbocycles. The molecule has 2 N–H and O–H groups in total. The molecule has 3 aliphatic rings. The number of carbonyl (C=O) groups is 2. The smallest absolute Gasteiger partial charge is 0.232 e. The van der Waals surface area contributed by atoms with Crippen molar-refractivity contribution in [1.82, 2.24) is 4.90 Å². The number of fused-ring (bicyclic) bond motifs is 1. The maximum absolute atomic E-state index is 13.3. The summed E-state index contributed by atoms with van der Waals surface area (Å²) in [6.45, 7) is 5.50. The number of hydrogen-bond acceptors (Lipinski definition) is 5. The largest absolute Gasteiger partial charge is 0.399 e. The van der Waals surface area contributed by atoms with Gasteiger partial charge >= 0.3 is 0 Å². The average Bonchev–Trinajstić information content (AvgIpc) is 3.37. The Morgan fingerprint density at radius 3 is 2.74 bits per heavy atom. The van der Waals surface area contributed by atoms with E-state index in [2.05, 4.69) is 23.1 Å². The van der Waals surface area contributed by atoms with Crippen LogP contribution in [-0.2, 0) is 27.3 Å². The summed E-state index contributed by atoms with van der Waals surface area (Å²) >= 11 is 0. The zero-order chi connectivity index (χ0) is 21.4. The van der Waals surface area contributed by atoms with Crippen molar-refractivity contribution in [2.45, 2.75) is 19.4 Å². The van der Waals surface area contributed by atoms with Crippen molar-refractivity contribution in [3.8, 4) is 0 Å². The van der Waals surface area contributed by atoms with Gasteiger partial charge in [0.25, 0.3) is 0 Å². The third kappa shape index (κ3) is 4.03. The van der Waals surface area contributed by atoms with E-state index in [1.54, 1.807) is 17.0 Å². The molecule has 2 aromatic rings. The van der Waals surface area contributed by atoms with E-state index in [-0.39, 0.29) is 24.2 Å². The summed E-state index contributed by atoms with van der Waals surface area (Å²) in [7, 11) is 0. The molecule has 3 aliphatic heterocycles. The number of nitrogens with two attached hydrogens (primary N) is 1. The lowest BCUT2D eigenvalue weighted by molar-refractivity contribution is -0.124. The Bertz CT molecular complexity index is 1000. The van der Waals surface area contributed by atoms with Gasteiger partial charge in [-0.25, -0.2) is 0 Å².